The number of nitrogens with one attached hydrogen (secondary N) is 1. The molecule has 27 heavy (non-hydrogen) atoms. The van der Waals surface area contributed by atoms with Gasteiger partial charge < -0.3 is 15.1 Å². The average Bonchev–Trinajstić information content (AvgIpc) is 2.64. The van der Waals surface area contributed by atoms with E-state index >= 15 is 0 Å². The first kappa shape index (κ1) is 19.1. The molecule has 7 nitrogen and oxygen atoms in total. The predicted octanol–water partition coefficient (Wildman–Crippen LogP) is 2.79. The highest BCUT2D eigenvalue weighted by atomic mass is 35.5. The minimum absolute atomic E-state index is 0.0300. The maximum Gasteiger partial charge on any atom is 0.274 e. The molecular formula is C19H22ClN5O2. The van der Waals surface area contributed by atoms with Crippen LogP contribution in [0.4, 0.5) is 11.5 Å². The largest absolute Gasteiger partial charge is 0.339 e. The van der Waals surface area contributed by atoms with Gasteiger partial charge in [-0.3, -0.25) is 9.59 Å². The van der Waals surface area contributed by atoms with Crippen LogP contribution in [0.2, 0.25) is 5.02 Å². The zero-order chi connectivity index (χ0) is 19.6. The van der Waals surface area contributed by atoms with Crippen LogP contribution in [0.1, 0.15) is 28.5 Å². The molecule has 3 rings (SSSR count). The van der Waals surface area contributed by atoms with E-state index in [-0.39, 0.29) is 17.5 Å². The lowest BCUT2D eigenvalue weighted by Gasteiger charge is -2.33. The highest BCUT2D eigenvalue weighted by Crippen LogP contribution is 2.29. The van der Waals surface area contributed by atoms with Crippen molar-refractivity contribution in [1.82, 2.24) is 20.0 Å². The number of amides is 2. The normalized spacial score (nSPS) is 14.2. The van der Waals surface area contributed by atoms with Crippen LogP contribution < -0.4 is 5.32 Å². The summed E-state index contributed by atoms with van der Waals surface area (Å²) in [5.41, 5.74) is 3.14. The van der Waals surface area contributed by atoms with E-state index in [2.05, 4.69) is 15.5 Å². The zero-order valence-corrected chi connectivity index (χ0v) is 16.4. The van der Waals surface area contributed by atoms with Crippen molar-refractivity contribution < 1.29 is 9.59 Å². The monoisotopic (exact) mass is 387 g/mol. The highest BCUT2D eigenvalue weighted by molar-refractivity contribution is 6.33. The zero-order valence-electron chi connectivity index (χ0n) is 15.6. The maximum atomic E-state index is 12.6. The van der Waals surface area contributed by atoms with Crippen LogP contribution in [0.25, 0.3) is 0 Å². The van der Waals surface area contributed by atoms with Crippen molar-refractivity contribution in [3.05, 3.63) is 46.1 Å². The Morgan fingerprint density at radius 1 is 1.04 bits per heavy atom. The quantitative estimate of drug-likeness (QED) is 0.876. The molecule has 0 spiro atoms. The molecule has 142 valence electrons. The smallest absolute Gasteiger partial charge is 0.274 e. The van der Waals surface area contributed by atoms with Gasteiger partial charge in [0.1, 0.15) is 0 Å². The highest BCUT2D eigenvalue weighted by Gasteiger charge is 2.24. The van der Waals surface area contributed by atoms with E-state index in [0.717, 1.165) is 16.8 Å². The molecule has 1 N–H and O–H groups in total. The summed E-state index contributed by atoms with van der Waals surface area (Å²) in [5, 5.41) is 11.9. The number of hydrogen-bond donors (Lipinski definition) is 1. The van der Waals surface area contributed by atoms with E-state index in [9.17, 15) is 9.59 Å². The average molecular weight is 388 g/mol. The van der Waals surface area contributed by atoms with Gasteiger partial charge in [-0.1, -0.05) is 17.7 Å². The fourth-order valence-electron chi connectivity index (χ4n) is 3.10. The van der Waals surface area contributed by atoms with Gasteiger partial charge >= 0.3 is 0 Å². The van der Waals surface area contributed by atoms with Gasteiger partial charge in [0.15, 0.2) is 11.5 Å². The van der Waals surface area contributed by atoms with E-state index in [1.54, 1.807) is 21.9 Å². The Morgan fingerprint density at radius 3 is 2.26 bits per heavy atom. The molecule has 1 aromatic heterocycles. The number of carbonyl (C=O) groups excluding carboxylic acids is 2. The molecule has 2 heterocycles. The van der Waals surface area contributed by atoms with Crippen molar-refractivity contribution in [2.45, 2.75) is 20.8 Å². The Labute approximate surface area is 163 Å². The van der Waals surface area contributed by atoms with E-state index in [4.69, 9.17) is 11.6 Å². The van der Waals surface area contributed by atoms with Gasteiger partial charge in [-0.05, 0) is 43.2 Å². The van der Waals surface area contributed by atoms with Gasteiger partial charge in [-0.2, -0.15) is 0 Å². The summed E-state index contributed by atoms with van der Waals surface area (Å²) in [4.78, 5) is 27.4. The molecule has 1 aliphatic heterocycles. The van der Waals surface area contributed by atoms with Crippen LogP contribution in [-0.4, -0.2) is 58.0 Å². The van der Waals surface area contributed by atoms with Crippen molar-refractivity contribution in [3.8, 4) is 0 Å². The minimum atomic E-state index is -0.179. The summed E-state index contributed by atoms with van der Waals surface area (Å²) in [6, 6.07) is 7.26. The Morgan fingerprint density at radius 2 is 1.70 bits per heavy atom. The molecule has 1 aromatic carbocycles. The Kier molecular flexibility index (Phi) is 5.60. The topological polar surface area (TPSA) is 78.4 Å². The van der Waals surface area contributed by atoms with E-state index in [1.807, 2.05) is 26.0 Å². The van der Waals surface area contributed by atoms with Gasteiger partial charge in [0.25, 0.3) is 5.91 Å². The van der Waals surface area contributed by atoms with Crippen LogP contribution in [-0.2, 0) is 4.79 Å². The second-order valence-electron chi connectivity index (χ2n) is 6.67. The van der Waals surface area contributed by atoms with E-state index < -0.39 is 0 Å². The molecule has 2 amide bonds. The summed E-state index contributed by atoms with van der Waals surface area (Å²) in [7, 11) is 0. The van der Waals surface area contributed by atoms with Crippen molar-refractivity contribution in [1.29, 1.82) is 0 Å². The van der Waals surface area contributed by atoms with Gasteiger partial charge in [-0.15, -0.1) is 10.2 Å². The molecule has 0 aliphatic carbocycles. The molecule has 0 bridgehead atoms. The Balaban J connectivity index is 1.67. The van der Waals surface area contributed by atoms with Crippen molar-refractivity contribution in [2.24, 2.45) is 0 Å². The fourth-order valence-corrected chi connectivity index (χ4v) is 3.47. The Bertz CT molecular complexity index is 838. The third kappa shape index (κ3) is 4.36. The molecule has 1 fully saturated rings. The number of hydrogen-bond acceptors (Lipinski definition) is 5. The summed E-state index contributed by atoms with van der Waals surface area (Å²) in [6.45, 7) is 7.57. The van der Waals surface area contributed by atoms with E-state index in [0.29, 0.717) is 37.0 Å². The van der Waals surface area contributed by atoms with Crippen molar-refractivity contribution in [3.63, 3.8) is 0 Å². The summed E-state index contributed by atoms with van der Waals surface area (Å²) < 4.78 is 0. The molecule has 0 atom stereocenters. The number of aromatic nitrogens is 2. The number of nitrogens with zero attached hydrogens (tertiary/aromatic N) is 4. The molecule has 0 saturated carbocycles. The van der Waals surface area contributed by atoms with Gasteiger partial charge in [0.05, 0.1) is 10.7 Å². The number of anilines is 2. The third-order valence-electron chi connectivity index (χ3n) is 4.58. The molecule has 8 heteroatoms. The predicted molar refractivity (Wildman–Crippen MR) is 104 cm³/mol. The van der Waals surface area contributed by atoms with Gasteiger partial charge in [0, 0.05) is 33.1 Å². The maximum absolute atomic E-state index is 12.6. The lowest BCUT2D eigenvalue weighted by molar-refractivity contribution is -0.130. The molecule has 2 aromatic rings. The van der Waals surface area contributed by atoms with Crippen LogP contribution in [0.3, 0.4) is 0 Å². The molecule has 1 saturated heterocycles. The number of benzene rings is 1. The SMILES string of the molecule is CC(=O)N1CCN(C(=O)c2ccc(Nc3c(C)cc(C)cc3Cl)nn2)CC1. The van der Waals surface area contributed by atoms with Crippen molar-refractivity contribution in [2.75, 3.05) is 31.5 Å². The van der Waals surface area contributed by atoms with Crippen LogP contribution in [0, 0.1) is 13.8 Å². The van der Waals surface area contributed by atoms with E-state index in [1.165, 1.54) is 6.92 Å². The molecular weight excluding hydrogens is 366 g/mol. The first-order valence-electron chi connectivity index (χ1n) is 8.77. The van der Waals surface area contributed by atoms with Crippen molar-refractivity contribution >= 4 is 34.9 Å². The van der Waals surface area contributed by atoms with Crippen LogP contribution in [0.15, 0.2) is 24.3 Å². The number of piperazine rings is 1. The minimum Gasteiger partial charge on any atom is -0.339 e. The molecule has 0 unspecified atom stereocenters. The third-order valence-corrected chi connectivity index (χ3v) is 4.88. The molecule has 0 radical (unpaired) electrons. The number of halogens is 1. The first-order valence-corrected chi connectivity index (χ1v) is 9.15. The van der Waals surface area contributed by atoms with Gasteiger partial charge in [0.2, 0.25) is 5.91 Å². The van der Waals surface area contributed by atoms with Gasteiger partial charge in [-0.25, -0.2) is 0 Å². The second kappa shape index (κ2) is 7.92. The number of carbonyl (C=O) groups is 2. The number of aryl methyl sites for hydroxylation is 2. The van der Waals surface area contributed by atoms with Crippen LogP contribution in [0.5, 0.6) is 0 Å². The summed E-state index contributed by atoms with van der Waals surface area (Å²) in [6.07, 6.45) is 0. The lowest BCUT2D eigenvalue weighted by atomic mass is 10.1. The second-order valence-corrected chi connectivity index (χ2v) is 7.07. The lowest BCUT2D eigenvalue weighted by Crippen LogP contribution is -2.50. The summed E-state index contributed by atoms with van der Waals surface area (Å²) >= 11 is 6.30. The first-order chi connectivity index (χ1) is 12.8. The summed E-state index contributed by atoms with van der Waals surface area (Å²) in [5.74, 6) is 0.367. The standard InChI is InChI=1S/C19H22ClN5O2/c1-12-10-13(2)18(15(20)11-12)21-17-5-4-16(22-23-17)19(27)25-8-6-24(7-9-25)14(3)26/h4-5,10-11H,6-9H2,1-3H3,(H,21,23). The fraction of sp³-hybridized carbons (Fsp3) is 0.368. The molecule has 1 aliphatic rings. The Hall–Kier alpha value is -2.67. The van der Waals surface area contributed by atoms with Crippen LogP contribution >= 0.6 is 11.6 Å². The number of rotatable bonds is 3.